The Bertz CT molecular complexity index is 664. The van der Waals surface area contributed by atoms with Gasteiger partial charge in [0.25, 0.3) is 0 Å². The number of aryl methyl sites for hydroxylation is 1. The molecule has 0 aliphatic carbocycles. The van der Waals surface area contributed by atoms with Gasteiger partial charge in [0.05, 0.1) is 12.4 Å². The number of aromatic nitrogens is 3. The summed E-state index contributed by atoms with van der Waals surface area (Å²) in [5.74, 6) is 0.422. The van der Waals surface area contributed by atoms with Gasteiger partial charge in [-0.05, 0) is 13.0 Å². The Balaban J connectivity index is 2.34. The van der Waals surface area contributed by atoms with E-state index < -0.39 is 9.84 Å². The second-order valence-electron chi connectivity index (χ2n) is 4.02. The minimum absolute atomic E-state index is 0.0428. The lowest BCUT2D eigenvalue weighted by Gasteiger charge is -2.09. The molecule has 0 spiro atoms. The number of hydrogen-bond donors (Lipinski definition) is 0. The minimum Gasteiger partial charge on any atom is -0.494 e. The van der Waals surface area contributed by atoms with Crippen LogP contribution in [0.2, 0.25) is 0 Å². The molecule has 2 aromatic rings. The van der Waals surface area contributed by atoms with Crippen LogP contribution in [0, 0.1) is 0 Å². The molecule has 0 aliphatic rings. The molecule has 102 valence electrons. The summed E-state index contributed by atoms with van der Waals surface area (Å²) in [5, 5.41) is 7.19. The summed E-state index contributed by atoms with van der Waals surface area (Å²) in [6.45, 7) is 2.34. The Labute approximate surface area is 112 Å². The number of benzene rings is 1. The third-order valence-corrected chi connectivity index (χ3v) is 4.18. The molecule has 1 heterocycles. The molecule has 0 fully saturated rings. The summed E-state index contributed by atoms with van der Waals surface area (Å²) in [6, 6.07) is 7.08. The van der Waals surface area contributed by atoms with Crippen molar-refractivity contribution < 1.29 is 13.2 Å². The van der Waals surface area contributed by atoms with Gasteiger partial charge in [-0.3, -0.25) is 0 Å². The van der Waals surface area contributed by atoms with Gasteiger partial charge in [0, 0.05) is 12.6 Å². The van der Waals surface area contributed by atoms with Crippen molar-refractivity contribution in [2.45, 2.75) is 17.8 Å². The van der Waals surface area contributed by atoms with Gasteiger partial charge in [-0.2, -0.15) is 0 Å². The van der Waals surface area contributed by atoms with Crippen molar-refractivity contribution in [3.63, 3.8) is 0 Å². The highest BCUT2D eigenvalue weighted by atomic mass is 32.2. The fourth-order valence-corrected chi connectivity index (χ4v) is 3.18. The van der Waals surface area contributed by atoms with Gasteiger partial charge in [0.1, 0.15) is 12.1 Å². The highest BCUT2D eigenvalue weighted by molar-refractivity contribution is 7.90. The zero-order valence-corrected chi connectivity index (χ0v) is 11.6. The molecule has 0 radical (unpaired) electrons. The normalized spacial score (nSPS) is 11.5. The Morgan fingerprint density at radius 1 is 1.32 bits per heavy atom. The fraction of sp³-hybridized carbons (Fsp3) is 0.333. The van der Waals surface area contributed by atoms with Gasteiger partial charge < -0.3 is 9.30 Å². The first kappa shape index (κ1) is 13.5. The molecule has 0 unspecified atom stereocenters. The van der Waals surface area contributed by atoms with Crippen LogP contribution in [-0.2, 0) is 22.6 Å². The average Bonchev–Trinajstić information content (AvgIpc) is 2.79. The zero-order valence-electron chi connectivity index (χ0n) is 10.8. The molecule has 0 amide bonds. The number of para-hydroxylation sites is 1. The molecule has 0 saturated heterocycles. The van der Waals surface area contributed by atoms with Crippen LogP contribution in [0.4, 0.5) is 0 Å². The van der Waals surface area contributed by atoms with Crippen LogP contribution < -0.4 is 4.74 Å². The molecule has 1 aromatic heterocycles. The Hall–Kier alpha value is -1.89. The Morgan fingerprint density at radius 2 is 2.05 bits per heavy atom. The fourth-order valence-electron chi connectivity index (χ4n) is 1.74. The lowest BCUT2D eigenvalue weighted by molar-refractivity contribution is 0.337. The van der Waals surface area contributed by atoms with Crippen LogP contribution in [0.1, 0.15) is 12.5 Å². The van der Waals surface area contributed by atoms with Crippen LogP contribution in [0.15, 0.2) is 35.7 Å². The van der Waals surface area contributed by atoms with Gasteiger partial charge in [0.15, 0.2) is 0 Å². The van der Waals surface area contributed by atoms with E-state index in [-0.39, 0.29) is 10.9 Å². The predicted molar refractivity (Wildman–Crippen MR) is 69.5 cm³/mol. The number of ether oxygens (including phenoxy) is 1. The van der Waals surface area contributed by atoms with Gasteiger partial charge in [0.2, 0.25) is 15.0 Å². The predicted octanol–water partition coefficient (Wildman–Crippen LogP) is 1.19. The molecular weight excluding hydrogens is 266 g/mol. The van der Waals surface area contributed by atoms with Crippen molar-refractivity contribution in [2.75, 3.05) is 6.61 Å². The Morgan fingerprint density at radius 3 is 2.68 bits per heavy atom. The maximum Gasteiger partial charge on any atom is 0.249 e. The lowest BCUT2D eigenvalue weighted by Crippen LogP contribution is -2.11. The number of sulfone groups is 1. The summed E-state index contributed by atoms with van der Waals surface area (Å²) < 4.78 is 31.3. The maximum atomic E-state index is 12.3. The summed E-state index contributed by atoms with van der Waals surface area (Å²) in [6.07, 6.45) is 1.36. The van der Waals surface area contributed by atoms with Crippen molar-refractivity contribution in [2.24, 2.45) is 7.05 Å². The van der Waals surface area contributed by atoms with Crippen LogP contribution in [0.3, 0.4) is 0 Å². The van der Waals surface area contributed by atoms with E-state index in [1.807, 2.05) is 13.0 Å². The monoisotopic (exact) mass is 281 g/mol. The van der Waals surface area contributed by atoms with Crippen LogP contribution in [0.25, 0.3) is 0 Å². The van der Waals surface area contributed by atoms with E-state index >= 15 is 0 Å². The summed E-state index contributed by atoms with van der Waals surface area (Å²) in [7, 11) is -1.93. The molecule has 7 heteroatoms. The summed E-state index contributed by atoms with van der Waals surface area (Å²) in [5.41, 5.74) is 0.618. The molecular formula is C12H15N3O3S. The third-order valence-electron chi connectivity index (χ3n) is 2.57. The lowest BCUT2D eigenvalue weighted by atomic mass is 10.2. The highest BCUT2D eigenvalue weighted by Gasteiger charge is 2.22. The molecule has 0 bridgehead atoms. The number of hydrogen-bond acceptors (Lipinski definition) is 5. The summed E-state index contributed by atoms with van der Waals surface area (Å²) >= 11 is 0. The van der Waals surface area contributed by atoms with E-state index in [1.165, 1.54) is 10.9 Å². The van der Waals surface area contributed by atoms with Gasteiger partial charge in [-0.15, -0.1) is 10.2 Å². The number of nitrogens with zero attached hydrogens (tertiary/aromatic N) is 3. The first-order chi connectivity index (χ1) is 9.04. The van der Waals surface area contributed by atoms with E-state index in [2.05, 4.69) is 10.2 Å². The molecule has 2 rings (SSSR count). The summed E-state index contributed by atoms with van der Waals surface area (Å²) in [4.78, 5) is 0. The third kappa shape index (κ3) is 2.93. The smallest absolute Gasteiger partial charge is 0.249 e. The van der Waals surface area contributed by atoms with E-state index in [1.54, 1.807) is 25.2 Å². The Kier molecular flexibility index (Phi) is 3.84. The highest BCUT2D eigenvalue weighted by Crippen LogP contribution is 2.22. The molecule has 6 nitrogen and oxygen atoms in total. The SMILES string of the molecule is CCOc1ccccc1CS(=O)(=O)c1nncn1C. The van der Waals surface area contributed by atoms with Gasteiger partial charge in [-0.1, -0.05) is 18.2 Å². The molecule has 19 heavy (non-hydrogen) atoms. The topological polar surface area (TPSA) is 74.1 Å². The van der Waals surface area contributed by atoms with Crippen molar-refractivity contribution in [1.82, 2.24) is 14.8 Å². The zero-order chi connectivity index (χ0) is 13.9. The average molecular weight is 281 g/mol. The maximum absolute atomic E-state index is 12.3. The minimum atomic E-state index is -3.53. The second-order valence-corrected chi connectivity index (χ2v) is 5.91. The quantitative estimate of drug-likeness (QED) is 0.823. The van der Waals surface area contributed by atoms with Crippen molar-refractivity contribution in [3.8, 4) is 5.75 Å². The van der Waals surface area contributed by atoms with Crippen LogP contribution in [0.5, 0.6) is 5.75 Å². The second kappa shape index (κ2) is 5.40. The van der Waals surface area contributed by atoms with E-state index in [0.29, 0.717) is 17.9 Å². The van der Waals surface area contributed by atoms with Crippen molar-refractivity contribution >= 4 is 9.84 Å². The standard InChI is InChI=1S/C12H15N3O3S/c1-3-18-11-7-5-4-6-10(11)8-19(16,17)12-14-13-9-15(12)2/h4-7,9H,3,8H2,1-2H3. The van der Waals surface area contributed by atoms with E-state index in [9.17, 15) is 8.42 Å². The molecule has 0 atom stereocenters. The molecule has 0 saturated carbocycles. The van der Waals surface area contributed by atoms with Crippen molar-refractivity contribution in [3.05, 3.63) is 36.2 Å². The van der Waals surface area contributed by atoms with Crippen molar-refractivity contribution in [1.29, 1.82) is 0 Å². The number of rotatable bonds is 5. The molecule has 0 N–H and O–H groups in total. The van der Waals surface area contributed by atoms with Crippen LogP contribution >= 0.6 is 0 Å². The molecule has 1 aromatic carbocycles. The van der Waals surface area contributed by atoms with Gasteiger partial charge in [-0.25, -0.2) is 8.42 Å². The van der Waals surface area contributed by atoms with E-state index in [0.717, 1.165) is 0 Å². The first-order valence-electron chi connectivity index (χ1n) is 5.82. The van der Waals surface area contributed by atoms with E-state index in [4.69, 9.17) is 4.74 Å². The van der Waals surface area contributed by atoms with Gasteiger partial charge >= 0.3 is 0 Å². The molecule has 0 aliphatic heterocycles. The first-order valence-corrected chi connectivity index (χ1v) is 7.47. The largest absolute Gasteiger partial charge is 0.494 e. The van der Waals surface area contributed by atoms with Crippen LogP contribution in [-0.4, -0.2) is 29.8 Å².